The number of aromatic nitrogens is 5. The van der Waals surface area contributed by atoms with Crippen LogP contribution < -0.4 is 0 Å². The van der Waals surface area contributed by atoms with Crippen LogP contribution in [0.4, 0.5) is 0 Å². The van der Waals surface area contributed by atoms with Crippen molar-refractivity contribution < 1.29 is 8.94 Å². The van der Waals surface area contributed by atoms with E-state index in [0.717, 1.165) is 11.1 Å². The van der Waals surface area contributed by atoms with Crippen molar-refractivity contribution in [1.82, 2.24) is 25.3 Å². The Kier molecular flexibility index (Phi) is 4.26. The van der Waals surface area contributed by atoms with Crippen molar-refractivity contribution in [1.29, 1.82) is 0 Å². The molecule has 8 heteroatoms. The largest absolute Gasteiger partial charge is 0.411 e. The van der Waals surface area contributed by atoms with Crippen LogP contribution in [-0.4, -0.2) is 25.3 Å². The van der Waals surface area contributed by atoms with Crippen LogP contribution in [0.1, 0.15) is 11.5 Å². The summed E-state index contributed by atoms with van der Waals surface area (Å²) in [7, 11) is 0. The molecule has 0 amide bonds. The van der Waals surface area contributed by atoms with Gasteiger partial charge in [-0.2, -0.15) is 4.98 Å². The van der Waals surface area contributed by atoms with E-state index >= 15 is 0 Å². The smallest absolute Gasteiger partial charge is 0.277 e. The first kappa shape index (κ1) is 15.5. The lowest BCUT2D eigenvalue weighted by Gasteiger charge is -1.94. The quantitative estimate of drug-likeness (QED) is 0.502. The molecule has 25 heavy (non-hydrogen) atoms. The van der Waals surface area contributed by atoms with E-state index in [1.54, 1.807) is 12.4 Å². The zero-order chi connectivity index (χ0) is 17.1. The molecule has 0 bridgehead atoms. The Morgan fingerprint density at radius 1 is 0.960 bits per heavy atom. The molecule has 124 valence electrons. The van der Waals surface area contributed by atoms with Crippen molar-refractivity contribution in [2.45, 2.75) is 17.9 Å². The Bertz CT molecular complexity index is 966. The van der Waals surface area contributed by atoms with E-state index in [2.05, 4.69) is 25.3 Å². The van der Waals surface area contributed by atoms with Gasteiger partial charge in [-0.15, -0.1) is 10.2 Å². The summed E-state index contributed by atoms with van der Waals surface area (Å²) in [6.45, 7) is 2.03. The summed E-state index contributed by atoms with van der Waals surface area (Å²) in [5.41, 5.74) is 2.93. The monoisotopic (exact) mass is 351 g/mol. The van der Waals surface area contributed by atoms with Gasteiger partial charge in [-0.3, -0.25) is 4.98 Å². The molecule has 0 fully saturated rings. The highest BCUT2D eigenvalue weighted by atomic mass is 32.2. The lowest BCUT2D eigenvalue weighted by Crippen LogP contribution is -1.83. The van der Waals surface area contributed by atoms with Gasteiger partial charge in [0, 0.05) is 23.5 Å². The van der Waals surface area contributed by atoms with Crippen LogP contribution in [0.15, 0.2) is 63.0 Å². The van der Waals surface area contributed by atoms with Crippen molar-refractivity contribution in [2.75, 3.05) is 0 Å². The van der Waals surface area contributed by atoms with Crippen LogP contribution in [0.25, 0.3) is 22.8 Å². The summed E-state index contributed by atoms with van der Waals surface area (Å²) in [6, 6.07) is 11.6. The summed E-state index contributed by atoms with van der Waals surface area (Å²) in [4.78, 5) is 8.36. The summed E-state index contributed by atoms with van der Waals surface area (Å²) < 4.78 is 10.9. The van der Waals surface area contributed by atoms with E-state index in [1.165, 1.54) is 17.3 Å². The third-order valence-electron chi connectivity index (χ3n) is 3.43. The first-order valence-electron chi connectivity index (χ1n) is 7.54. The Morgan fingerprint density at radius 2 is 1.76 bits per heavy atom. The van der Waals surface area contributed by atoms with Gasteiger partial charge in [0.25, 0.3) is 5.22 Å². The van der Waals surface area contributed by atoms with Gasteiger partial charge >= 0.3 is 0 Å². The number of rotatable bonds is 5. The van der Waals surface area contributed by atoms with E-state index < -0.39 is 0 Å². The minimum Gasteiger partial charge on any atom is -0.411 e. The highest BCUT2D eigenvalue weighted by Crippen LogP contribution is 2.25. The van der Waals surface area contributed by atoms with Crippen molar-refractivity contribution in [3.05, 3.63) is 60.2 Å². The Balaban J connectivity index is 1.42. The minimum absolute atomic E-state index is 0.446. The van der Waals surface area contributed by atoms with Crippen LogP contribution in [0.2, 0.25) is 0 Å². The van der Waals surface area contributed by atoms with Crippen LogP contribution in [0.3, 0.4) is 0 Å². The molecule has 3 aromatic heterocycles. The average Bonchev–Trinajstić information content (AvgIpc) is 3.31. The summed E-state index contributed by atoms with van der Waals surface area (Å²) in [6.07, 6.45) is 3.36. The first-order chi connectivity index (χ1) is 12.3. The average molecular weight is 351 g/mol. The Morgan fingerprint density at radius 3 is 2.56 bits per heavy atom. The predicted octanol–water partition coefficient (Wildman–Crippen LogP) is 3.78. The van der Waals surface area contributed by atoms with Gasteiger partial charge in [-0.25, -0.2) is 0 Å². The van der Waals surface area contributed by atoms with Gasteiger partial charge in [0.15, 0.2) is 0 Å². The fraction of sp³-hybridized carbons (Fsp3) is 0.118. The van der Waals surface area contributed by atoms with Gasteiger partial charge in [0.2, 0.25) is 17.6 Å². The highest BCUT2D eigenvalue weighted by Gasteiger charge is 2.13. The van der Waals surface area contributed by atoms with E-state index in [1.807, 2.05) is 43.3 Å². The second kappa shape index (κ2) is 6.86. The summed E-state index contributed by atoms with van der Waals surface area (Å²) in [5, 5.41) is 12.5. The lowest BCUT2D eigenvalue weighted by molar-refractivity contribution is 0.391. The van der Waals surface area contributed by atoms with Gasteiger partial charge in [-0.05, 0) is 19.1 Å². The van der Waals surface area contributed by atoms with Crippen LogP contribution in [0, 0.1) is 6.92 Å². The van der Waals surface area contributed by atoms with Gasteiger partial charge in [0.1, 0.15) is 0 Å². The molecular weight excluding hydrogens is 338 g/mol. The van der Waals surface area contributed by atoms with Crippen LogP contribution in [0.5, 0.6) is 0 Å². The molecule has 4 aromatic rings. The SMILES string of the molecule is Cc1ccc(-c2noc(CSc3nnc(-c4ccncc4)o3)n2)cc1. The zero-order valence-electron chi connectivity index (χ0n) is 13.3. The Labute approximate surface area is 147 Å². The molecule has 0 unspecified atom stereocenters. The molecule has 7 nitrogen and oxygen atoms in total. The molecular formula is C17H13N5O2S. The lowest BCUT2D eigenvalue weighted by atomic mass is 10.1. The normalized spacial score (nSPS) is 10.9. The maximum absolute atomic E-state index is 5.62. The number of thioether (sulfide) groups is 1. The molecule has 3 heterocycles. The standard InChI is InChI=1S/C17H13N5O2S/c1-11-2-4-12(5-3-11)15-19-14(24-22-15)10-25-17-21-20-16(23-17)13-6-8-18-9-7-13/h2-9H,10H2,1H3. The molecule has 0 aliphatic rings. The van der Waals surface area contributed by atoms with Crippen molar-refractivity contribution in [3.63, 3.8) is 0 Å². The van der Waals surface area contributed by atoms with E-state index in [0.29, 0.717) is 28.6 Å². The number of hydrogen-bond acceptors (Lipinski definition) is 8. The fourth-order valence-electron chi connectivity index (χ4n) is 2.14. The first-order valence-corrected chi connectivity index (χ1v) is 8.53. The highest BCUT2D eigenvalue weighted by molar-refractivity contribution is 7.98. The molecule has 0 saturated carbocycles. The molecule has 1 aromatic carbocycles. The van der Waals surface area contributed by atoms with Crippen molar-refractivity contribution in [2.24, 2.45) is 0 Å². The minimum atomic E-state index is 0.446. The van der Waals surface area contributed by atoms with E-state index in [4.69, 9.17) is 8.94 Å². The number of benzene rings is 1. The number of aryl methyl sites for hydroxylation is 1. The number of hydrogen-bond donors (Lipinski definition) is 0. The van der Waals surface area contributed by atoms with Crippen molar-refractivity contribution >= 4 is 11.8 Å². The van der Waals surface area contributed by atoms with Crippen LogP contribution >= 0.6 is 11.8 Å². The molecule has 0 radical (unpaired) electrons. The topological polar surface area (TPSA) is 90.7 Å². The molecule has 0 spiro atoms. The van der Waals surface area contributed by atoms with Gasteiger partial charge < -0.3 is 8.94 Å². The molecule has 0 atom stereocenters. The predicted molar refractivity (Wildman–Crippen MR) is 91.6 cm³/mol. The summed E-state index contributed by atoms with van der Waals surface area (Å²) >= 11 is 1.35. The van der Waals surface area contributed by atoms with E-state index in [-0.39, 0.29) is 0 Å². The fourth-order valence-corrected chi connectivity index (χ4v) is 2.74. The van der Waals surface area contributed by atoms with Gasteiger partial charge in [0.05, 0.1) is 5.75 Å². The third-order valence-corrected chi connectivity index (χ3v) is 4.23. The van der Waals surface area contributed by atoms with Crippen LogP contribution in [-0.2, 0) is 5.75 Å². The molecule has 4 rings (SSSR count). The molecule has 0 saturated heterocycles. The zero-order valence-corrected chi connectivity index (χ0v) is 14.1. The maximum atomic E-state index is 5.62. The molecule has 0 aliphatic heterocycles. The number of pyridine rings is 1. The maximum Gasteiger partial charge on any atom is 0.277 e. The third kappa shape index (κ3) is 3.58. The second-order valence-corrected chi connectivity index (χ2v) is 6.20. The van der Waals surface area contributed by atoms with Crippen molar-refractivity contribution in [3.8, 4) is 22.8 Å². The number of nitrogens with zero attached hydrogens (tertiary/aromatic N) is 5. The Hall–Kier alpha value is -3.00. The summed E-state index contributed by atoms with van der Waals surface area (Å²) in [5.74, 6) is 1.98. The van der Waals surface area contributed by atoms with Gasteiger partial charge in [-0.1, -0.05) is 46.7 Å². The second-order valence-electron chi connectivity index (χ2n) is 5.28. The molecule has 0 N–H and O–H groups in total. The van der Waals surface area contributed by atoms with E-state index in [9.17, 15) is 0 Å². The molecule has 0 aliphatic carbocycles.